The fourth-order valence-electron chi connectivity index (χ4n) is 3.43. The molecule has 4 heteroatoms. The second kappa shape index (κ2) is 15.1. The smallest absolute Gasteiger partial charge is 0.306 e. The summed E-state index contributed by atoms with van der Waals surface area (Å²) in [4.78, 5) is 11.0. The summed E-state index contributed by atoms with van der Waals surface area (Å²) in [6.07, 6.45) is 9.66. The third-order valence-electron chi connectivity index (χ3n) is 5.20. The number of hydrogen-bond acceptors (Lipinski definition) is 3. The lowest BCUT2D eigenvalue weighted by Gasteiger charge is -2.16. The molecule has 0 bridgehead atoms. The van der Waals surface area contributed by atoms with Gasteiger partial charge in [-0.3, -0.25) is 4.79 Å². The van der Waals surface area contributed by atoms with Crippen LogP contribution in [0.3, 0.4) is 0 Å². The van der Waals surface area contributed by atoms with E-state index in [4.69, 9.17) is 14.6 Å². The van der Waals surface area contributed by atoms with Crippen LogP contribution >= 0.6 is 0 Å². The summed E-state index contributed by atoms with van der Waals surface area (Å²) in [6.45, 7) is 11.6. The quantitative estimate of drug-likeness (QED) is 0.225. The van der Waals surface area contributed by atoms with Gasteiger partial charge in [-0.25, -0.2) is 0 Å². The number of carboxylic acid groups (broad SMARTS) is 1. The summed E-state index contributed by atoms with van der Waals surface area (Å²) >= 11 is 0. The van der Waals surface area contributed by atoms with Crippen molar-refractivity contribution in [1.82, 2.24) is 0 Å². The van der Waals surface area contributed by atoms with Crippen molar-refractivity contribution in [3.8, 4) is 5.75 Å². The number of ether oxygens (including phenoxy) is 2. The summed E-state index contributed by atoms with van der Waals surface area (Å²) in [5.74, 6) is 0.692. The third kappa shape index (κ3) is 11.7. The van der Waals surface area contributed by atoms with Gasteiger partial charge in [-0.05, 0) is 49.0 Å². The molecular formula is C25H40O4. The van der Waals surface area contributed by atoms with Gasteiger partial charge < -0.3 is 14.6 Å². The van der Waals surface area contributed by atoms with Crippen LogP contribution in [0.25, 0.3) is 0 Å². The van der Waals surface area contributed by atoms with Gasteiger partial charge in [-0.1, -0.05) is 71.1 Å². The highest BCUT2D eigenvalue weighted by Crippen LogP contribution is 2.24. The van der Waals surface area contributed by atoms with E-state index in [-0.39, 0.29) is 6.42 Å². The van der Waals surface area contributed by atoms with Crippen molar-refractivity contribution in [2.24, 2.45) is 5.92 Å². The maximum atomic E-state index is 11.0. The minimum atomic E-state index is -0.865. The largest absolute Gasteiger partial charge is 0.489 e. The molecule has 0 fully saturated rings. The first-order chi connectivity index (χ1) is 14.0. The van der Waals surface area contributed by atoms with Gasteiger partial charge in [0, 0.05) is 6.61 Å². The summed E-state index contributed by atoms with van der Waals surface area (Å²) < 4.78 is 11.4. The highest BCUT2D eigenvalue weighted by atomic mass is 16.5. The maximum absolute atomic E-state index is 11.0. The van der Waals surface area contributed by atoms with Crippen molar-refractivity contribution in [3.63, 3.8) is 0 Å². The molecule has 0 aliphatic heterocycles. The Bertz CT molecular complexity index is 579. The first-order valence-electron chi connectivity index (χ1n) is 11.2. The molecule has 0 heterocycles. The van der Waals surface area contributed by atoms with Crippen molar-refractivity contribution >= 4 is 5.97 Å². The van der Waals surface area contributed by atoms with Crippen molar-refractivity contribution in [1.29, 1.82) is 0 Å². The van der Waals surface area contributed by atoms with Crippen LogP contribution in [-0.4, -0.2) is 24.3 Å². The maximum Gasteiger partial charge on any atom is 0.306 e. The zero-order valence-corrected chi connectivity index (χ0v) is 18.6. The molecular weight excluding hydrogens is 364 g/mol. The van der Waals surface area contributed by atoms with E-state index in [2.05, 4.69) is 20.4 Å². The Morgan fingerprint density at radius 2 is 1.76 bits per heavy atom. The van der Waals surface area contributed by atoms with Gasteiger partial charge in [0.05, 0.1) is 12.5 Å². The second-order valence-corrected chi connectivity index (χ2v) is 8.00. The van der Waals surface area contributed by atoms with E-state index in [1.54, 1.807) is 0 Å². The molecule has 29 heavy (non-hydrogen) atoms. The van der Waals surface area contributed by atoms with E-state index in [9.17, 15) is 4.79 Å². The monoisotopic (exact) mass is 404 g/mol. The van der Waals surface area contributed by atoms with Crippen molar-refractivity contribution in [2.45, 2.75) is 84.7 Å². The molecule has 1 N–H and O–H groups in total. The Morgan fingerprint density at radius 3 is 2.38 bits per heavy atom. The molecule has 2 atom stereocenters. The number of hydrogen-bond donors (Lipinski definition) is 1. The fourth-order valence-corrected chi connectivity index (χ4v) is 3.43. The molecule has 0 radical (unpaired) electrons. The minimum Gasteiger partial charge on any atom is -0.489 e. The van der Waals surface area contributed by atoms with Crippen LogP contribution in [0.4, 0.5) is 0 Å². The van der Waals surface area contributed by atoms with Crippen LogP contribution < -0.4 is 4.74 Å². The Labute approximate surface area is 177 Å². The van der Waals surface area contributed by atoms with Gasteiger partial charge in [0.15, 0.2) is 0 Å². The summed E-state index contributed by atoms with van der Waals surface area (Å²) in [5.41, 5.74) is 1.97. The lowest BCUT2D eigenvalue weighted by atomic mass is 9.96. The molecule has 0 aromatic heterocycles. The third-order valence-corrected chi connectivity index (χ3v) is 5.20. The van der Waals surface area contributed by atoms with Gasteiger partial charge in [-0.2, -0.15) is 0 Å². The molecule has 0 aliphatic rings. The molecule has 0 amide bonds. The molecule has 1 aromatic carbocycles. The van der Waals surface area contributed by atoms with Gasteiger partial charge in [-0.15, -0.1) is 0 Å². The number of aliphatic carboxylic acids is 1. The van der Waals surface area contributed by atoms with Crippen molar-refractivity contribution < 1.29 is 19.4 Å². The number of carboxylic acids is 1. The molecule has 1 aromatic rings. The Morgan fingerprint density at radius 1 is 1.07 bits per heavy atom. The van der Waals surface area contributed by atoms with Gasteiger partial charge >= 0.3 is 5.97 Å². The van der Waals surface area contributed by atoms with E-state index in [1.165, 1.54) is 44.9 Å². The highest BCUT2D eigenvalue weighted by Gasteiger charge is 2.15. The zero-order valence-electron chi connectivity index (χ0n) is 18.6. The Balaban J connectivity index is 2.30. The lowest BCUT2D eigenvalue weighted by Crippen LogP contribution is -2.10. The molecule has 164 valence electrons. The van der Waals surface area contributed by atoms with E-state index < -0.39 is 12.1 Å². The first kappa shape index (κ1) is 25.2. The van der Waals surface area contributed by atoms with Gasteiger partial charge in [0.2, 0.25) is 0 Å². The van der Waals surface area contributed by atoms with Gasteiger partial charge in [0.1, 0.15) is 12.4 Å². The number of carbonyl (C=O) groups is 1. The molecule has 4 nitrogen and oxygen atoms in total. The standard InChI is InChI=1S/C25H40O4/c1-5-7-8-9-11-20(3)12-10-13-21(4)19-29-23-16-14-22(15-17-23)24(28-6-2)18-25(26)27/h14-17,20,24H,4-13,18-19H2,1-3H3,(H,26,27). The lowest BCUT2D eigenvalue weighted by molar-refractivity contribution is -0.140. The second-order valence-electron chi connectivity index (χ2n) is 8.00. The first-order valence-corrected chi connectivity index (χ1v) is 11.2. The van der Waals surface area contributed by atoms with Crippen LogP contribution in [0.5, 0.6) is 5.75 Å². The normalized spacial score (nSPS) is 13.1. The molecule has 0 saturated heterocycles. The minimum absolute atomic E-state index is 0.0398. The average molecular weight is 405 g/mol. The fraction of sp³-hybridized carbons (Fsp3) is 0.640. The van der Waals surface area contributed by atoms with E-state index in [0.29, 0.717) is 13.2 Å². The molecule has 0 spiro atoms. The van der Waals surface area contributed by atoms with Crippen LogP contribution in [0.15, 0.2) is 36.4 Å². The van der Waals surface area contributed by atoms with Crippen molar-refractivity contribution in [3.05, 3.63) is 42.0 Å². The highest BCUT2D eigenvalue weighted by molar-refractivity contribution is 5.67. The Hall–Kier alpha value is -1.81. The molecule has 2 unspecified atom stereocenters. The number of rotatable bonds is 17. The van der Waals surface area contributed by atoms with E-state index in [0.717, 1.165) is 29.2 Å². The predicted molar refractivity (Wildman–Crippen MR) is 119 cm³/mol. The van der Waals surface area contributed by atoms with E-state index in [1.807, 2.05) is 31.2 Å². The SMILES string of the molecule is C=C(CCCC(C)CCCCCC)COc1ccc(C(CC(=O)O)OCC)cc1. The van der Waals surface area contributed by atoms with Crippen molar-refractivity contribution in [2.75, 3.05) is 13.2 Å². The Kier molecular flexibility index (Phi) is 13.1. The van der Waals surface area contributed by atoms with Crippen LogP contribution in [0, 0.1) is 5.92 Å². The summed E-state index contributed by atoms with van der Waals surface area (Å²) in [6, 6.07) is 7.49. The molecule has 1 rings (SSSR count). The van der Waals surface area contributed by atoms with Crippen LogP contribution in [-0.2, 0) is 9.53 Å². The zero-order chi connectivity index (χ0) is 21.5. The molecule has 0 saturated carbocycles. The van der Waals surface area contributed by atoms with E-state index >= 15 is 0 Å². The van der Waals surface area contributed by atoms with Gasteiger partial charge in [0.25, 0.3) is 0 Å². The number of unbranched alkanes of at least 4 members (excludes halogenated alkanes) is 3. The number of benzene rings is 1. The summed E-state index contributed by atoms with van der Waals surface area (Å²) in [5, 5.41) is 9.03. The predicted octanol–water partition coefficient (Wildman–Crippen LogP) is 6.95. The average Bonchev–Trinajstić information content (AvgIpc) is 2.69. The topological polar surface area (TPSA) is 55.8 Å². The van der Waals surface area contributed by atoms with Crippen LogP contribution in [0.1, 0.15) is 90.2 Å². The molecule has 0 aliphatic carbocycles. The van der Waals surface area contributed by atoms with Crippen LogP contribution in [0.2, 0.25) is 0 Å². The summed E-state index contributed by atoms with van der Waals surface area (Å²) in [7, 11) is 0.